The van der Waals surface area contributed by atoms with Crippen molar-refractivity contribution in [1.29, 1.82) is 0 Å². The van der Waals surface area contributed by atoms with Crippen molar-refractivity contribution < 1.29 is 23.9 Å². The Kier molecular flexibility index (Phi) is 9.85. The van der Waals surface area contributed by atoms with Crippen molar-refractivity contribution in [2.45, 2.75) is 12.8 Å². The van der Waals surface area contributed by atoms with E-state index in [1.54, 1.807) is 30.5 Å². The minimum Gasteiger partial charge on any atom is -0.450 e. The summed E-state index contributed by atoms with van der Waals surface area (Å²) in [6, 6.07) is 24.1. The first-order valence-corrected chi connectivity index (χ1v) is 13.1. The highest BCUT2D eigenvalue weighted by Crippen LogP contribution is 2.25. The lowest BCUT2D eigenvalue weighted by Crippen LogP contribution is -2.29. The molecule has 0 bridgehead atoms. The maximum absolute atomic E-state index is 12.3. The minimum atomic E-state index is -0.602. The molecular weight excluding hydrogens is 564 g/mol. The number of nitrogens with one attached hydrogen (secondary N) is 3. The summed E-state index contributed by atoms with van der Waals surface area (Å²) >= 11 is 3.48. The Hall–Kier alpha value is -4.44. The monoisotopic (exact) mass is 590 g/mol. The van der Waals surface area contributed by atoms with E-state index in [9.17, 15) is 14.4 Å². The fourth-order valence-corrected chi connectivity index (χ4v) is 4.29. The predicted molar refractivity (Wildman–Crippen MR) is 153 cm³/mol. The molecule has 1 heterocycles. The Morgan fingerprint density at radius 1 is 0.795 bits per heavy atom. The smallest absolute Gasteiger partial charge is 0.411 e. The summed E-state index contributed by atoms with van der Waals surface area (Å²) in [6.07, 6.45) is 1.68. The summed E-state index contributed by atoms with van der Waals surface area (Å²) in [5, 5.41) is 10.0. The number of alkyl carbamates (subject to hydrolysis) is 1. The van der Waals surface area contributed by atoms with Crippen LogP contribution in [0.1, 0.15) is 22.5 Å². The van der Waals surface area contributed by atoms with Crippen LogP contribution in [0.4, 0.5) is 21.0 Å². The number of ether oxygens (including phenoxy) is 2. The molecular formula is C29H27BrN4O5. The maximum Gasteiger partial charge on any atom is 0.411 e. The van der Waals surface area contributed by atoms with Crippen LogP contribution in [0.3, 0.4) is 0 Å². The number of carbonyl (C=O) groups excluding carboxylic acids is 3. The van der Waals surface area contributed by atoms with Gasteiger partial charge in [-0.1, -0.05) is 48.5 Å². The fourth-order valence-electron chi connectivity index (χ4n) is 3.77. The van der Waals surface area contributed by atoms with Crippen LogP contribution in [0.2, 0.25) is 0 Å². The second-order valence-corrected chi connectivity index (χ2v) is 9.29. The Morgan fingerprint density at radius 3 is 2.41 bits per heavy atom. The number of hydrogen-bond acceptors (Lipinski definition) is 6. The molecule has 1 aromatic heterocycles. The van der Waals surface area contributed by atoms with Gasteiger partial charge in [-0.05, 0) is 70.1 Å². The number of halogens is 1. The molecule has 9 nitrogen and oxygen atoms in total. The van der Waals surface area contributed by atoms with Gasteiger partial charge in [0.2, 0.25) is 0 Å². The van der Waals surface area contributed by atoms with E-state index >= 15 is 0 Å². The van der Waals surface area contributed by atoms with Gasteiger partial charge in [0.25, 0.3) is 5.91 Å². The zero-order chi connectivity index (χ0) is 27.5. The molecule has 0 aliphatic heterocycles. The molecule has 0 atom stereocenters. The molecule has 4 rings (SSSR count). The van der Waals surface area contributed by atoms with Crippen molar-refractivity contribution in [2.75, 3.05) is 30.4 Å². The van der Waals surface area contributed by atoms with E-state index in [4.69, 9.17) is 9.47 Å². The molecule has 0 aliphatic rings. The molecule has 200 valence electrons. The largest absolute Gasteiger partial charge is 0.450 e. The summed E-state index contributed by atoms with van der Waals surface area (Å²) in [6.45, 7) is 0.355. The zero-order valence-corrected chi connectivity index (χ0v) is 22.6. The second kappa shape index (κ2) is 13.9. The van der Waals surface area contributed by atoms with Crippen LogP contribution in [0.15, 0.2) is 89.5 Å². The Balaban J connectivity index is 1.10. The summed E-state index contributed by atoms with van der Waals surface area (Å²) in [4.78, 5) is 40.4. The summed E-state index contributed by atoms with van der Waals surface area (Å²) < 4.78 is 11.1. The van der Waals surface area contributed by atoms with Gasteiger partial charge < -0.3 is 20.1 Å². The maximum atomic E-state index is 12.3. The second-order valence-electron chi connectivity index (χ2n) is 8.44. The van der Waals surface area contributed by atoms with E-state index < -0.39 is 12.2 Å². The highest BCUT2D eigenvalue weighted by atomic mass is 79.9. The third-order valence-electron chi connectivity index (χ3n) is 5.65. The number of nitrogens with zero attached hydrogens (tertiary/aromatic N) is 1. The number of benzene rings is 3. The van der Waals surface area contributed by atoms with E-state index in [0.29, 0.717) is 29.9 Å². The number of carbonyl (C=O) groups is 3. The van der Waals surface area contributed by atoms with Gasteiger partial charge in [0, 0.05) is 16.1 Å². The molecule has 0 unspecified atom stereocenters. The summed E-state index contributed by atoms with van der Waals surface area (Å²) in [7, 11) is 0. The first kappa shape index (κ1) is 27.6. The third-order valence-corrected chi connectivity index (χ3v) is 6.31. The molecule has 0 saturated heterocycles. The number of anilines is 2. The molecule has 39 heavy (non-hydrogen) atoms. The van der Waals surface area contributed by atoms with Crippen molar-refractivity contribution in [2.24, 2.45) is 0 Å². The Morgan fingerprint density at radius 2 is 1.59 bits per heavy atom. The fraction of sp³-hybridized carbons (Fsp3) is 0.172. The first-order valence-electron chi connectivity index (χ1n) is 12.3. The molecule has 10 heteroatoms. The van der Waals surface area contributed by atoms with Crippen LogP contribution >= 0.6 is 15.9 Å². The number of rotatable bonds is 10. The van der Waals surface area contributed by atoms with Gasteiger partial charge in [0.15, 0.2) is 0 Å². The Bertz CT molecular complexity index is 1440. The van der Waals surface area contributed by atoms with Crippen LogP contribution in [0.5, 0.6) is 0 Å². The van der Waals surface area contributed by atoms with E-state index in [2.05, 4.69) is 36.9 Å². The normalized spacial score (nSPS) is 10.5. The molecule has 0 fully saturated rings. The lowest BCUT2D eigenvalue weighted by atomic mass is 10.1. The molecule has 0 saturated carbocycles. The quantitative estimate of drug-likeness (QED) is 0.190. The van der Waals surface area contributed by atoms with Crippen molar-refractivity contribution in [1.82, 2.24) is 10.3 Å². The first-order chi connectivity index (χ1) is 19.0. The number of hydrogen-bond donors (Lipinski definition) is 3. The zero-order valence-electron chi connectivity index (χ0n) is 21.0. The highest BCUT2D eigenvalue weighted by Gasteiger charge is 2.10. The number of pyridine rings is 1. The topological polar surface area (TPSA) is 119 Å². The van der Waals surface area contributed by atoms with Gasteiger partial charge in [0.1, 0.15) is 12.3 Å². The third kappa shape index (κ3) is 8.27. The van der Waals surface area contributed by atoms with Gasteiger partial charge >= 0.3 is 12.2 Å². The molecule has 0 radical (unpaired) electrons. The summed E-state index contributed by atoms with van der Waals surface area (Å²) in [5.41, 5.74) is 2.64. The average Bonchev–Trinajstić information content (AvgIpc) is 2.95. The van der Waals surface area contributed by atoms with Gasteiger partial charge in [-0.2, -0.15) is 0 Å². The predicted octanol–water partition coefficient (Wildman–Crippen LogP) is 6.16. The van der Waals surface area contributed by atoms with Crippen molar-refractivity contribution >= 4 is 56.2 Å². The van der Waals surface area contributed by atoms with E-state index in [1.165, 1.54) is 0 Å². The molecule has 4 aromatic rings. The van der Waals surface area contributed by atoms with Gasteiger partial charge in [-0.15, -0.1) is 0 Å². The molecule has 0 spiro atoms. The standard InChI is InChI=1S/C29H27BrN4O5/c30-23-19-20(13-14-25(23)33-27(35)26-11-3-4-15-31-26)7-6-17-38-28(36)32-16-18-39-29(37)34-24-12-5-9-21-8-1-2-10-22(21)24/h1-5,8-15,19H,6-7,16-18H2,(H,32,36)(H,33,35)(H,34,37). The minimum absolute atomic E-state index is 0.00292. The molecule has 3 N–H and O–H groups in total. The van der Waals surface area contributed by atoms with Gasteiger partial charge in [0.05, 0.1) is 24.5 Å². The molecule has 3 amide bonds. The van der Waals surface area contributed by atoms with Crippen LogP contribution in [0.25, 0.3) is 10.8 Å². The average molecular weight is 591 g/mol. The Labute approximate surface area is 234 Å². The number of amides is 3. The van der Waals surface area contributed by atoms with E-state index in [-0.39, 0.29) is 25.7 Å². The molecule has 3 aromatic carbocycles. The summed E-state index contributed by atoms with van der Waals surface area (Å²) in [5.74, 6) is -0.292. The van der Waals surface area contributed by atoms with Crippen LogP contribution in [-0.2, 0) is 15.9 Å². The lowest BCUT2D eigenvalue weighted by molar-refractivity contribution is 0.102. The van der Waals surface area contributed by atoms with E-state index in [1.807, 2.05) is 54.6 Å². The number of aryl methyl sites for hydroxylation is 1. The van der Waals surface area contributed by atoms with Crippen molar-refractivity contribution in [3.05, 3.63) is 101 Å². The lowest BCUT2D eigenvalue weighted by Gasteiger charge is -2.11. The van der Waals surface area contributed by atoms with Crippen LogP contribution < -0.4 is 16.0 Å². The highest BCUT2D eigenvalue weighted by molar-refractivity contribution is 9.10. The number of aromatic nitrogens is 1. The van der Waals surface area contributed by atoms with Crippen molar-refractivity contribution in [3.8, 4) is 0 Å². The molecule has 0 aliphatic carbocycles. The van der Waals surface area contributed by atoms with Gasteiger partial charge in [-0.3, -0.25) is 15.1 Å². The van der Waals surface area contributed by atoms with Crippen LogP contribution in [0, 0.1) is 0 Å². The van der Waals surface area contributed by atoms with Gasteiger partial charge in [-0.25, -0.2) is 9.59 Å². The SMILES string of the molecule is O=C(NCCOC(=O)Nc1cccc2ccccc12)OCCCc1ccc(NC(=O)c2ccccn2)c(Br)c1. The number of fused-ring (bicyclic) bond motifs is 1. The van der Waals surface area contributed by atoms with Crippen molar-refractivity contribution in [3.63, 3.8) is 0 Å². The van der Waals surface area contributed by atoms with Crippen LogP contribution in [-0.4, -0.2) is 42.8 Å². The van der Waals surface area contributed by atoms with E-state index in [0.717, 1.165) is 20.8 Å².